The fraction of sp³-hybridized carbons (Fsp3) is 0.323. The van der Waals surface area contributed by atoms with Crippen molar-refractivity contribution in [2.75, 3.05) is 6.26 Å². The van der Waals surface area contributed by atoms with Crippen LogP contribution in [0.3, 0.4) is 0 Å². The van der Waals surface area contributed by atoms with E-state index in [4.69, 9.17) is 44.1 Å². The molecule has 41 heavy (non-hydrogen) atoms. The van der Waals surface area contributed by atoms with Gasteiger partial charge in [0.2, 0.25) is 0 Å². The van der Waals surface area contributed by atoms with Crippen molar-refractivity contribution in [3.8, 4) is 5.75 Å². The molecule has 2 fully saturated rings. The van der Waals surface area contributed by atoms with Gasteiger partial charge in [0.1, 0.15) is 23.8 Å². The Bertz CT molecular complexity index is 1660. The van der Waals surface area contributed by atoms with E-state index in [2.05, 4.69) is 11.7 Å². The Labute approximate surface area is 255 Å². The van der Waals surface area contributed by atoms with Gasteiger partial charge in [-0.05, 0) is 74.4 Å². The first-order valence-electron chi connectivity index (χ1n) is 13.2. The zero-order valence-electron chi connectivity index (χ0n) is 22.7. The summed E-state index contributed by atoms with van der Waals surface area (Å²) in [5.74, 6) is 1.58. The minimum absolute atomic E-state index is 0.0242. The highest BCUT2D eigenvalue weighted by Gasteiger charge is 2.46. The van der Waals surface area contributed by atoms with Gasteiger partial charge in [-0.1, -0.05) is 70.8 Å². The van der Waals surface area contributed by atoms with Crippen LogP contribution < -0.4 is 4.74 Å². The maximum Gasteiger partial charge on any atom is 0.175 e. The molecule has 0 saturated heterocycles. The van der Waals surface area contributed by atoms with Crippen molar-refractivity contribution in [3.63, 3.8) is 0 Å². The Morgan fingerprint density at radius 1 is 1.20 bits per heavy atom. The zero-order chi connectivity index (χ0) is 29.5. The van der Waals surface area contributed by atoms with E-state index >= 15 is 0 Å². The number of rotatable bonds is 10. The summed E-state index contributed by atoms with van der Waals surface area (Å²) < 4.78 is 35.8. The molecule has 2 saturated carbocycles. The second kappa shape index (κ2) is 11.6. The number of sulfone groups is 1. The standard InChI is InChI=1S/C31H30Cl3NO5S/c1-4-6-26(33)28(18(2)32)29-24(30(40-35-29)19-9-10-19)17-39-22-11-12-25(27(34)14-22)31(36)15-21(16-31)20-7-5-8-23(13-20)41(3,37)38/h4-8,11-14,19,21,36H,1,9-10,15-17H2,2-3H3/b26-6+,28-18-. The van der Waals surface area contributed by atoms with Gasteiger partial charge in [-0.3, -0.25) is 0 Å². The molecule has 2 aromatic carbocycles. The third-order valence-corrected chi connectivity index (χ3v) is 9.53. The van der Waals surface area contributed by atoms with Crippen LogP contribution in [-0.4, -0.2) is 24.9 Å². The number of allylic oxidation sites excluding steroid dienone is 5. The molecular weight excluding hydrogens is 605 g/mol. The number of halogens is 3. The lowest BCUT2D eigenvalue weighted by atomic mass is 9.65. The third kappa shape index (κ3) is 6.30. The van der Waals surface area contributed by atoms with Gasteiger partial charge in [-0.15, -0.1) is 0 Å². The summed E-state index contributed by atoms with van der Waals surface area (Å²) in [7, 11) is -3.31. The summed E-state index contributed by atoms with van der Waals surface area (Å²) in [5.41, 5.74) is 2.23. The Kier molecular flexibility index (Phi) is 8.48. The van der Waals surface area contributed by atoms with E-state index in [-0.39, 0.29) is 23.3 Å². The molecule has 0 radical (unpaired) electrons. The van der Waals surface area contributed by atoms with E-state index < -0.39 is 15.4 Å². The SMILES string of the molecule is C=C/C=C(Cl)\C(=C(/C)Cl)c1noc(C2CC2)c1COc1ccc(C2(O)CC(c3cccc(S(C)(=O)=O)c3)C2)c(Cl)c1. The number of aromatic nitrogens is 1. The van der Waals surface area contributed by atoms with Gasteiger partial charge in [-0.25, -0.2) is 8.42 Å². The molecule has 0 amide bonds. The average molecular weight is 635 g/mol. The van der Waals surface area contributed by atoms with Crippen molar-refractivity contribution in [2.45, 2.75) is 61.5 Å². The molecule has 0 atom stereocenters. The lowest BCUT2D eigenvalue weighted by molar-refractivity contribution is -0.0549. The van der Waals surface area contributed by atoms with E-state index in [0.717, 1.165) is 29.7 Å². The van der Waals surface area contributed by atoms with Crippen molar-refractivity contribution >= 4 is 50.2 Å². The highest BCUT2D eigenvalue weighted by molar-refractivity contribution is 7.90. The summed E-state index contributed by atoms with van der Waals surface area (Å²) in [6.07, 6.45) is 7.30. The lowest BCUT2D eigenvalue weighted by Crippen LogP contribution is -2.40. The van der Waals surface area contributed by atoms with Crippen LogP contribution in [0, 0.1) is 0 Å². The molecule has 6 nitrogen and oxygen atoms in total. The number of benzene rings is 2. The van der Waals surface area contributed by atoms with Crippen molar-refractivity contribution in [1.29, 1.82) is 0 Å². The quantitative estimate of drug-likeness (QED) is 0.226. The predicted molar refractivity (Wildman–Crippen MR) is 162 cm³/mol. The van der Waals surface area contributed by atoms with E-state index in [1.807, 2.05) is 6.07 Å². The molecule has 0 spiro atoms. The zero-order valence-corrected chi connectivity index (χ0v) is 25.7. The van der Waals surface area contributed by atoms with Crippen molar-refractivity contribution in [1.82, 2.24) is 5.16 Å². The highest BCUT2D eigenvalue weighted by atomic mass is 35.5. The minimum Gasteiger partial charge on any atom is -0.489 e. The van der Waals surface area contributed by atoms with Crippen LogP contribution in [0.1, 0.15) is 72.6 Å². The molecule has 1 aromatic heterocycles. The van der Waals surface area contributed by atoms with Crippen LogP contribution in [0.2, 0.25) is 5.02 Å². The number of nitrogens with zero attached hydrogens (tertiary/aromatic N) is 1. The minimum atomic E-state index is -3.31. The second-order valence-corrected chi connectivity index (χ2v) is 14.1. The van der Waals surface area contributed by atoms with E-state index in [1.54, 1.807) is 55.5 Å². The largest absolute Gasteiger partial charge is 0.489 e. The highest BCUT2D eigenvalue weighted by Crippen LogP contribution is 2.53. The van der Waals surface area contributed by atoms with Gasteiger partial charge < -0.3 is 14.4 Å². The molecule has 216 valence electrons. The van der Waals surface area contributed by atoms with Crippen LogP contribution in [-0.2, 0) is 22.0 Å². The average Bonchev–Trinajstić information content (AvgIpc) is 3.66. The maximum atomic E-state index is 12.0. The van der Waals surface area contributed by atoms with Crippen LogP contribution in [0.5, 0.6) is 5.75 Å². The van der Waals surface area contributed by atoms with E-state index in [9.17, 15) is 13.5 Å². The van der Waals surface area contributed by atoms with E-state index in [1.165, 1.54) is 6.26 Å². The molecule has 10 heteroatoms. The predicted octanol–water partition coefficient (Wildman–Crippen LogP) is 8.23. The van der Waals surface area contributed by atoms with Gasteiger partial charge in [0.15, 0.2) is 9.84 Å². The van der Waals surface area contributed by atoms with Crippen LogP contribution in [0.4, 0.5) is 0 Å². The van der Waals surface area contributed by atoms with Crippen LogP contribution >= 0.6 is 34.8 Å². The van der Waals surface area contributed by atoms with Gasteiger partial charge in [0.25, 0.3) is 0 Å². The first-order valence-corrected chi connectivity index (χ1v) is 16.2. The number of aliphatic hydroxyl groups is 1. The molecular formula is C31H30Cl3NO5S. The van der Waals surface area contributed by atoms with Gasteiger partial charge in [0.05, 0.1) is 26.1 Å². The van der Waals surface area contributed by atoms with Gasteiger partial charge >= 0.3 is 0 Å². The smallest absolute Gasteiger partial charge is 0.175 e. The molecule has 3 aromatic rings. The Morgan fingerprint density at radius 2 is 1.93 bits per heavy atom. The first-order chi connectivity index (χ1) is 19.4. The normalized spacial score (nSPS) is 21.7. The van der Waals surface area contributed by atoms with Gasteiger partial charge in [0, 0.05) is 28.3 Å². The second-order valence-electron chi connectivity index (χ2n) is 10.7. The fourth-order valence-electron chi connectivity index (χ4n) is 5.28. The topological polar surface area (TPSA) is 89.6 Å². The molecule has 0 aliphatic heterocycles. The van der Waals surface area contributed by atoms with E-state index in [0.29, 0.717) is 50.5 Å². The van der Waals surface area contributed by atoms with Crippen molar-refractivity contribution < 1.29 is 22.8 Å². The van der Waals surface area contributed by atoms with Crippen LogP contribution in [0.15, 0.2) is 80.7 Å². The molecule has 1 heterocycles. The summed E-state index contributed by atoms with van der Waals surface area (Å²) in [4.78, 5) is 0.272. The summed E-state index contributed by atoms with van der Waals surface area (Å²) >= 11 is 19.6. The molecule has 2 aliphatic carbocycles. The summed E-state index contributed by atoms with van der Waals surface area (Å²) in [5, 5.41) is 16.9. The number of hydrogen-bond acceptors (Lipinski definition) is 6. The molecule has 0 unspecified atom stereocenters. The monoisotopic (exact) mass is 633 g/mol. The molecule has 1 N–H and O–H groups in total. The lowest BCUT2D eigenvalue weighted by Gasteiger charge is -2.44. The number of hydrogen-bond donors (Lipinski definition) is 1. The van der Waals surface area contributed by atoms with Crippen molar-refractivity contribution in [3.05, 3.63) is 104 Å². The first kappa shape index (κ1) is 29.9. The molecule has 0 bridgehead atoms. The van der Waals surface area contributed by atoms with Crippen molar-refractivity contribution in [2.24, 2.45) is 0 Å². The maximum absolute atomic E-state index is 12.0. The Hall–Kier alpha value is -2.55. The third-order valence-electron chi connectivity index (χ3n) is 7.60. The van der Waals surface area contributed by atoms with Gasteiger partial charge in [-0.2, -0.15) is 0 Å². The van der Waals surface area contributed by atoms with Crippen LogP contribution in [0.25, 0.3) is 5.57 Å². The molecule has 5 rings (SSSR count). The molecule has 2 aliphatic rings. The summed E-state index contributed by atoms with van der Waals surface area (Å²) in [6, 6.07) is 12.1. The summed E-state index contributed by atoms with van der Waals surface area (Å²) in [6.45, 7) is 5.61. The Morgan fingerprint density at radius 3 is 2.54 bits per heavy atom. The Balaban J connectivity index is 1.33. The fourth-order valence-corrected chi connectivity index (χ4v) is 6.86. The number of ether oxygens (including phenoxy) is 1.